The standard InChI is InChI=1S/C12H21N3O3/c1-2-14-9-15(8-10(14)16)11(17)13-7-6-12(18)4-3-5-12/h18H,2-9H2,1H3,(H,13,17). The Morgan fingerprint density at radius 3 is 2.72 bits per heavy atom. The summed E-state index contributed by atoms with van der Waals surface area (Å²) < 4.78 is 0. The van der Waals surface area contributed by atoms with Crippen molar-refractivity contribution in [3.05, 3.63) is 0 Å². The molecule has 0 atom stereocenters. The summed E-state index contributed by atoms with van der Waals surface area (Å²) in [6.45, 7) is 3.51. The highest BCUT2D eigenvalue weighted by Gasteiger charge is 2.34. The maximum atomic E-state index is 11.8. The van der Waals surface area contributed by atoms with Crippen LogP contribution >= 0.6 is 0 Å². The number of rotatable bonds is 4. The van der Waals surface area contributed by atoms with Gasteiger partial charge in [0.2, 0.25) is 5.91 Å². The van der Waals surface area contributed by atoms with Gasteiger partial charge >= 0.3 is 6.03 Å². The fourth-order valence-electron chi connectivity index (χ4n) is 2.36. The summed E-state index contributed by atoms with van der Waals surface area (Å²) in [6.07, 6.45) is 3.32. The van der Waals surface area contributed by atoms with Gasteiger partial charge in [0, 0.05) is 13.1 Å². The molecule has 0 bridgehead atoms. The molecule has 0 spiro atoms. The third kappa shape index (κ3) is 2.75. The topological polar surface area (TPSA) is 72.9 Å². The van der Waals surface area contributed by atoms with E-state index in [2.05, 4.69) is 5.32 Å². The quantitative estimate of drug-likeness (QED) is 0.749. The van der Waals surface area contributed by atoms with Crippen molar-refractivity contribution >= 4 is 11.9 Å². The lowest BCUT2D eigenvalue weighted by molar-refractivity contribution is -0.126. The second-order valence-electron chi connectivity index (χ2n) is 5.15. The van der Waals surface area contributed by atoms with Crippen LogP contribution in [0.1, 0.15) is 32.6 Å². The molecule has 18 heavy (non-hydrogen) atoms. The number of amides is 3. The van der Waals surface area contributed by atoms with Crippen molar-refractivity contribution in [3.8, 4) is 0 Å². The first-order valence-corrected chi connectivity index (χ1v) is 6.57. The summed E-state index contributed by atoms with van der Waals surface area (Å²) in [7, 11) is 0. The average Bonchev–Trinajstić information content (AvgIpc) is 2.68. The first-order valence-electron chi connectivity index (χ1n) is 6.57. The summed E-state index contributed by atoms with van der Waals surface area (Å²) in [5.74, 6) is -0.00901. The fraction of sp³-hybridized carbons (Fsp3) is 0.833. The van der Waals surface area contributed by atoms with E-state index in [0.717, 1.165) is 19.3 Å². The number of hydrogen-bond donors (Lipinski definition) is 2. The lowest BCUT2D eigenvalue weighted by Gasteiger charge is -2.36. The van der Waals surface area contributed by atoms with E-state index in [1.807, 2.05) is 6.92 Å². The predicted molar refractivity (Wildman–Crippen MR) is 65.8 cm³/mol. The molecule has 0 aromatic carbocycles. The maximum Gasteiger partial charge on any atom is 0.319 e. The molecule has 2 fully saturated rings. The zero-order chi connectivity index (χ0) is 13.2. The van der Waals surface area contributed by atoms with Crippen molar-refractivity contribution in [2.45, 2.75) is 38.2 Å². The van der Waals surface area contributed by atoms with E-state index in [0.29, 0.717) is 26.2 Å². The van der Waals surface area contributed by atoms with Crippen molar-refractivity contribution < 1.29 is 14.7 Å². The summed E-state index contributed by atoms with van der Waals surface area (Å²) >= 11 is 0. The number of nitrogens with zero attached hydrogens (tertiary/aromatic N) is 2. The molecular formula is C12H21N3O3. The highest BCUT2D eigenvalue weighted by molar-refractivity contribution is 5.87. The Labute approximate surface area is 107 Å². The van der Waals surface area contributed by atoms with E-state index < -0.39 is 5.60 Å². The van der Waals surface area contributed by atoms with Crippen LogP contribution in [-0.4, -0.2) is 58.7 Å². The van der Waals surface area contributed by atoms with Crippen molar-refractivity contribution in [1.82, 2.24) is 15.1 Å². The number of hydrogen-bond acceptors (Lipinski definition) is 3. The Balaban J connectivity index is 1.70. The molecule has 1 saturated heterocycles. The van der Waals surface area contributed by atoms with Crippen molar-refractivity contribution in [1.29, 1.82) is 0 Å². The number of likely N-dealkylation sites (N-methyl/N-ethyl adjacent to an activating group) is 1. The molecule has 2 aliphatic rings. The molecule has 1 heterocycles. The van der Waals surface area contributed by atoms with Crippen molar-refractivity contribution in [3.63, 3.8) is 0 Å². The van der Waals surface area contributed by atoms with Crippen molar-refractivity contribution in [2.75, 3.05) is 26.3 Å². The SMILES string of the molecule is CCN1CN(C(=O)NCCC2(O)CCC2)CC1=O. The van der Waals surface area contributed by atoms with Gasteiger partial charge in [-0.3, -0.25) is 9.69 Å². The van der Waals surface area contributed by atoms with Crippen LogP contribution in [0.25, 0.3) is 0 Å². The van der Waals surface area contributed by atoms with E-state index in [9.17, 15) is 14.7 Å². The fourth-order valence-corrected chi connectivity index (χ4v) is 2.36. The van der Waals surface area contributed by atoms with Gasteiger partial charge < -0.3 is 15.3 Å². The molecule has 0 unspecified atom stereocenters. The molecule has 3 amide bonds. The van der Waals surface area contributed by atoms with Gasteiger partial charge in [0.05, 0.1) is 12.3 Å². The monoisotopic (exact) mass is 255 g/mol. The minimum atomic E-state index is -0.566. The highest BCUT2D eigenvalue weighted by atomic mass is 16.3. The van der Waals surface area contributed by atoms with Gasteiger partial charge in [-0.25, -0.2) is 4.79 Å². The maximum absolute atomic E-state index is 11.8. The molecule has 0 aromatic rings. The third-order valence-electron chi connectivity index (χ3n) is 3.84. The number of nitrogens with one attached hydrogen (secondary N) is 1. The Morgan fingerprint density at radius 2 is 2.22 bits per heavy atom. The molecule has 2 N–H and O–H groups in total. The number of carbonyl (C=O) groups is 2. The lowest BCUT2D eigenvalue weighted by Crippen LogP contribution is -2.44. The first kappa shape index (κ1) is 13.1. The number of urea groups is 1. The van der Waals surface area contributed by atoms with E-state index in [1.165, 1.54) is 4.90 Å². The Hall–Kier alpha value is -1.30. The molecule has 6 nitrogen and oxygen atoms in total. The van der Waals surface area contributed by atoms with Gasteiger partial charge in [0.15, 0.2) is 0 Å². The van der Waals surface area contributed by atoms with Crippen molar-refractivity contribution in [2.24, 2.45) is 0 Å². The van der Waals surface area contributed by atoms with Crippen LogP contribution in [0.15, 0.2) is 0 Å². The smallest absolute Gasteiger partial charge is 0.319 e. The largest absolute Gasteiger partial charge is 0.390 e. The van der Waals surface area contributed by atoms with Crippen LogP contribution < -0.4 is 5.32 Å². The second kappa shape index (κ2) is 5.14. The minimum absolute atomic E-state index is 0.00901. The Morgan fingerprint density at radius 1 is 1.50 bits per heavy atom. The molecule has 1 aliphatic carbocycles. The van der Waals surface area contributed by atoms with E-state index in [1.54, 1.807) is 4.90 Å². The van der Waals surface area contributed by atoms with Crippen LogP contribution in [0.3, 0.4) is 0 Å². The van der Waals surface area contributed by atoms with Gasteiger partial charge in [0.1, 0.15) is 6.54 Å². The van der Waals surface area contributed by atoms with E-state index in [4.69, 9.17) is 0 Å². The predicted octanol–water partition coefficient (Wildman–Crippen LogP) is 0.123. The summed E-state index contributed by atoms with van der Waals surface area (Å²) in [5, 5.41) is 12.6. The molecular weight excluding hydrogens is 234 g/mol. The second-order valence-corrected chi connectivity index (χ2v) is 5.15. The molecule has 0 aromatic heterocycles. The van der Waals surface area contributed by atoms with Gasteiger partial charge in [-0.15, -0.1) is 0 Å². The third-order valence-corrected chi connectivity index (χ3v) is 3.84. The van der Waals surface area contributed by atoms with Gasteiger partial charge in [0.25, 0.3) is 0 Å². The van der Waals surface area contributed by atoms with Crippen LogP contribution in [0.4, 0.5) is 4.79 Å². The molecule has 1 saturated carbocycles. The zero-order valence-corrected chi connectivity index (χ0v) is 10.8. The van der Waals surface area contributed by atoms with Gasteiger partial charge in [-0.05, 0) is 32.6 Å². The lowest BCUT2D eigenvalue weighted by atomic mass is 9.78. The average molecular weight is 255 g/mol. The van der Waals surface area contributed by atoms with E-state index >= 15 is 0 Å². The molecule has 1 aliphatic heterocycles. The number of carbonyl (C=O) groups excluding carboxylic acids is 2. The molecule has 102 valence electrons. The summed E-state index contributed by atoms with van der Waals surface area (Å²) in [4.78, 5) is 26.4. The van der Waals surface area contributed by atoms with Gasteiger partial charge in [-0.1, -0.05) is 0 Å². The summed E-state index contributed by atoms with van der Waals surface area (Å²) in [5.41, 5.74) is -0.566. The minimum Gasteiger partial charge on any atom is -0.390 e. The zero-order valence-electron chi connectivity index (χ0n) is 10.8. The first-order chi connectivity index (χ1) is 8.54. The van der Waals surface area contributed by atoms with Gasteiger partial charge in [-0.2, -0.15) is 0 Å². The normalized spacial score (nSPS) is 22.0. The molecule has 2 rings (SSSR count). The number of aliphatic hydroxyl groups is 1. The molecule has 0 radical (unpaired) electrons. The van der Waals surface area contributed by atoms with Crippen LogP contribution in [-0.2, 0) is 4.79 Å². The Kier molecular flexibility index (Phi) is 3.75. The Bertz CT molecular complexity index is 341. The van der Waals surface area contributed by atoms with E-state index in [-0.39, 0.29) is 18.5 Å². The highest BCUT2D eigenvalue weighted by Crippen LogP contribution is 2.34. The van der Waals surface area contributed by atoms with Crippen LogP contribution in [0.5, 0.6) is 0 Å². The summed E-state index contributed by atoms with van der Waals surface area (Å²) in [6, 6.07) is -0.220. The van der Waals surface area contributed by atoms with Crippen LogP contribution in [0, 0.1) is 0 Å². The van der Waals surface area contributed by atoms with Crippen LogP contribution in [0.2, 0.25) is 0 Å². The molecule has 6 heteroatoms.